The molecule has 0 aromatic heterocycles. The molecule has 0 amide bonds. The van der Waals surface area contributed by atoms with Gasteiger partial charge in [-0.1, -0.05) is 48.5 Å². The van der Waals surface area contributed by atoms with Crippen molar-refractivity contribution in [2.24, 2.45) is 0 Å². The maximum Gasteiger partial charge on any atom is 0.187 e. The van der Waals surface area contributed by atoms with E-state index in [2.05, 4.69) is 5.32 Å². The van der Waals surface area contributed by atoms with E-state index < -0.39 is 0 Å². The molecule has 0 aliphatic carbocycles. The summed E-state index contributed by atoms with van der Waals surface area (Å²) in [7, 11) is 0. The molecule has 25 heavy (non-hydrogen) atoms. The summed E-state index contributed by atoms with van der Waals surface area (Å²) in [6.45, 7) is 1.87. The van der Waals surface area contributed by atoms with Crippen molar-refractivity contribution in [1.82, 2.24) is 0 Å². The van der Waals surface area contributed by atoms with Gasteiger partial charge in [-0.2, -0.15) is 0 Å². The summed E-state index contributed by atoms with van der Waals surface area (Å²) < 4.78 is 5.76. The molecule has 0 heterocycles. The van der Waals surface area contributed by atoms with Crippen LogP contribution in [0.15, 0.2) is 96.7 Å². The molecule has 3 nitrogen and oxygen atoms in total. The Morgan fingerprint density at radius 1 is 0.800 bits per heavy atom. The van der Waals surface area contributed by atoms with E-state index in [1.54, 1.807) is 6.08 Å². The molecule has 3 aromatic carbocycles. The first-order valence-corrected chi connectivity index (χ1v) is 8.08. The number of para-hydroxylation sites is 1. The fourth-order valence-electron chi connectivity index (χ4n) is 2.38. The number of anilines is 1. The van der Waals surface area contributed by atoms with Crippen LogP contribution in [-0.2, 0) is 0 Å². The van der Waals surface area contributed by atoms with Crippen LogP contribution in [0.5, 0.6) is 11.5 Å². The second-order valence-electron chi connectivity index (χ2n) is 5.62. The number of nitrogens with one attached hydrogen (secondary N) is 1. The number of benzene rings is 3. The molecule has 0 unspecified atom stereocenters. The lowest BCUT2D eigenvalue weighted by molar-refractivity contribution is 0.104. The second kappa shape index (κ2) is 7.97. The van der Waals surface area contributed by atoms with E-state index in [1.165, 1.54) is 0 Å². The number of ketones is 1. The third kappa shape index (κ3) is 4.82. The number of allylic oxidation sites excluding steroid dienone is 2. The van der Waals surface area contributed by atoms with Crippen LogP contribution in [0, 0.1) is 0 Å². The Morgan fingerprint density at radius 3 is 2.00 bits per heavy atom. The first-order chi connectivity index (χ1) is 12.2. The molecule has 3 aromatic rings. The first-order valence-electron chi connectivity index (χ1n) is 8.08. The Labute approximate surface area is 147 Å². The summed E-state index contributed by atoms with van der Waals surface area (Å²) in [5.41, 5.74) is 2.36. The summed E-state index contributed by atoms with van der Waals surface area (Å²) in [5, 5.41) is 3.22. The van der Waals surface area contributed by atoms with Crippen LogP contribution in [0.25, 0.3) is 0 Å². The summed E-state index contributed by atoms with van der Waals surface area (Å²) >= 11 is 0. The minimum Gasteiger partial charge on any atom is -0.457 e. The molecule has 124 valence electrons. The summed E-state index contributed by atoms with van der Waals surface area (Å²) in [4.78, 5) is 12.2. The molecular formula is C22H19NO2. The largest absolute Gasteiger partial charge is 0.457 e. The van der Waals surface area contributed by atoms with Gasteiger partial charge in [-0.15, -0.1) is 0 Å². The van der Waals surface area contributed by atoms with Gasteiger partial charge in [0.25, 0.3) is 0 Å². The molecule has 0 saturated heterocycles. The Hall–Kier alpha value is -3.33. The van der Waals surface area contributed by atoms with Crippen molar-refractivity contribution < 1.29 is 9.53 Å². The fraction of sp³-hybridized carbons (Fsp3) is 0.0455. The van der Waals surface area contributed by atoms with Gasteiger partial charge in [0.2, 0.25) is 0 Å². The molecule has 0 saturated carbocycles. The van der Waals surface area contributed by atoms with Gasteiger partial charge in [0, 0.05) is 23.0 Å². The van der Waals surface area contributed by atoms with E-state index >= 15 is 0 Å². The van der Waals surface area contributed by atoms with Crippen molar-refractivity contribution >= 4 is 11.5 Å². The molecule has 3 heteroatoms. The molecule has 0 spiro atoms. The van der Waals surface area contributed by atoms with Crippen molar-refractivity contribution in [2.75, 3.05) is 5.32 Å². The maximum absolute atomic E-state index is 12.2. The van der Waals surface area contributed by atoms with E-state index in [0.29, 0.717) is 5.56 Å². The van der Waals surface area contributed by atoms with Gasteiger partial charge in [0.05, 0.1) is 0 Å². The fourth-order valence-corrected chi connectivity index (χ4v) is 2.38. The monoisotopic (exact) mass is 329 g/mol. The van der Waals surface area contributed by atoms with E-state index in [-0.39, 0.29) is 5.78 Å². The lowest BCUT2D eigenvalue weighted by atomic mass is 10.1. The zero-order valence-corrected chi connectivity index (χ0v) is 14.0. The molecular weight excluding hydrogens is 310 g/mol. The van der Waals surface area contributed by atoms with Crippen molar-refractivity contribution in [3.05, 3.63) is 102 Å². The summed E-state index contributed by atoms with van der Waals surface area (Å²) in [5.74, 6) is 1.54. The standard InChI is InChI=1S/C22H19NO2/c1-17(16-22(24)18-8-4-2-5-9-18)23-19-12-14-21(15-13-19)25-20-10-6-3-7-11-20/h2-16,23H,1H3/b17-16+. The number of carbonyl (C=O) groups excluding carboxylic acids is 1. The minimum absolute atomic E-state index is 0.0189. The summed E-state index contributed by atoms with van der Waals surface area (Å²) in [6, 6.07) is 26.5. The number of rotatable bonds is 6. The molecule has 0 radical (unpaired) electrons. The average Bonchev–Trinajstić information content (AvgIpc) is 2.65. The molecule has 0 aliphatic rings. The SMILES string of the molecule is C/C(=C\C(=O)c1ccccc1)Nc1ccc(Oc2ccccc2)cc1. The van der Waals surface area contributed by atoms with Gasteiger partial charge in [-0.05, 0) is 43.3 Å². The zero-order chi connectivity index (χ0) is 17.5. The third-order valence-corrected chi connectivity index (χ3v) is 3.58. The van der Waals surface area contributed by atoms with Crippen LogP contribution in [0.3, 0.4) is 0 Å². The highest BCUT2D eigenvalue weighted by molar-refractivity contribution is 6.05. The van der Waals surface area contributed by atoms with Crippen LogP contribution >= 0.6 is 0 Å². The summed E-state index contributed by atoms with van der Waals surface area (Å²) in [6.07, 6.45) is 1.60. The molecule has 0 bridgehead atoms. The highest BCUT2D eigenvalue weighted by Gasteiger charge is 2.03. The predicted octanol–water partition coefficient (Wildman–Crippen LogP) is 5.68. The van der Waals surface area contributed by atoms with Crippen LogP contribution in [0.1, 0.15) is 17.3 Å². The Kier molecular flexibility index (Phi) is 5.27. The van der Waals surface area contributed by atoms with E-state index in [4.69, 9.17) is 4.74 Å². The molecule has 3 rings (SSSR count). The number of ether oxygens (including phenoxy) is 1. The van der Waals surface area contributed by atoms with Crippen molar-refractivity contribution in [1.29, 1.82) is 0 Å². The number of hydrogen-bond acceptors (Lipinski definition) is 3. The second-order valence-corrected chi connectivity index (χ2v) is 5.62. The molecule has 0 aliphatic heterocycles. The van der Waals surface area contributed by atoms with Gasteiger partial charge in [0.1, 0.15) is 11.5 Å². The lowest BCUT2D eigenvalue weighted by Gasteiger charge is -2.09. The topological polar surface area (TPSA) is 38.3 Å². The Balaban J connectivity index is 1.63. The van der Waals surface area contributed by atoms with Crippen LogP contribution in [-0.4, -0.2) is 5.78 Å². The maximum atomic E-state index is 12.2. The number of hydrogen-bond donors (Lipinski definition) is 1. The highest BCUT2D eigenvalue weighted by atomic mass is 16.5. The van der Waals surface area contributed by atoms with Crippen LogP contribution < -0.4 is 10.1 Å². The Morgan fingerprint density at radius 2 is 1.36 bits per heavy atom. The normalized spacial score (nSPS) is 11.0. The number of carbonyl (C=O) groups is 1. The van der Waals surface area contributed by atoms with Gasteiger partial charge in [0.15, 0.2) is 5.78 Å². The quantitative estimate of drug-likeness (QED) is 0.467. The van der Waals surface area contributed by atoms with Crippen molar-refractivity contribution in [2.45, 2.75) is 6.92 Å². The molecule has 0 atom stereocenters. The predicted molar refractivity (Wildman–Crippen MR) is 101 cm³/mol. The first kappa shape index (κ1) is 16.5. The minimum atomic E-state index is -0.0189. The van der Waals surface area contributed by atoms with E-state index in [9.17, 15) is 4.79 Å². The average molecular weight is 329 g/mol. The van der Waals surface area contributed by atoms with E-state index in [0.717, 1.165) is 22.9 Å². The van der Waals surface area contributed by atoms with Crippen LogP contribution in [0.4, 0.5) is 5.69 Å². The smallest absolute Gasteiger partial charge is 0.187 e. The lowest BCUT2D eigenvalue weighted by Crippen LogP contribution is -2.01. The van der Waals surface area contributed by atoms with E-state index in [1.807, 2.05) is 91.9 Å². The van der Waals surface area contributed by atoms with Crippen molar-refractivity contribution in [3.8, 4) is 11.5 Å². The van der Waals surface area contributed by atoms with Gasteiger partial charge in [-0.25, -0.2) is 0 Å². The highest BCUT2D eigenvalue weighted by Crippen LogP contribution is 2.23. The Bertz CT molecular complexity index is 854. The molecule has 0 fully saturated rings. The molecule has 1 N–H and O–H groups in total. The van der Waals surface area contributed by atoms with Crippen LogP contribution in [0.2, 0.25) is 0 Å². The zero-order valence-electron chi connectivity index (χ0n) is 14.0. The van der Waals surface area contributed by atoms with Gasteiger partial charge in [-0.3, -0.25) is 4.79 Å². The van der Waals surface area contributed by atoms with Gasteiger partial charge >= 0.3 is 0 Å². The third-order valence-electron chi connectivity index (χ3n) is 3.58. The van der Waals surface area contributed by atoms with Crippen molar-refractivity contribution in [3.63, 3.8) is 0 Å². The van der Waals surface area contributed by atoms with Gasteiger partial charge < -0.3 is 10.1 Å².